The summed E-state index contributed by atoms with van der Waals surface area (Å²) in [5, 5.41) is 7.60. The van der Waals surface area contributed by atoms with Crippen LogP contribution in [0.5, 0.6) is 0 Å². The SMILES string of the molecule is CCc1ccc(CNc2cnn(CC)c2)cc1. The monoisotopic (exact) mass is 229 g/mol. The molecule has 2 rings (SSSR count). The molecule has 0 radical (unpaired) electrons. The van der Waals surface area contributed by atoms with Gasteiger partial charge < -0.3 is 5.32 Å². The lowest BCUT2D eigenvalue weighted by Crippen LogP contribution is -1.98. The average molecular weight is 229 g/mol. The predicted molar refractivity (Wildman–Crippen MR) is 71.0 cm³/mol. The van der Waals surface area contributed by atoms with Gasteiger partial charge in [0.05, 0.1) is 11.9 Å². The van der Waals surface area contributed by atoms with Gasteiger partial charge in [0, 0.05) is 19.3 Å². The molecule has 0 aliphatic rings. The van der Waals surface area contributed by atoms with E-state index in [1.54, 1.807) is 0 Å². The molecule has 0 aliphatic heterocycles. The fraction of sp³-hybridized carbons (Fsp3) is 0.357. The Morgan fingerprint density at radius 3 is 2.41 bits per heavy atom. The van der Waals surface area contributed by atoms with Crippen molar-refractivity contribution in [2.45, 2.75) is 33.4 Å². The summed E-state index contributed by atoms with van der Waals surface area (Å²) < 4.78 is 1.92. The van der Waals surface area contributed by atoms with Crippen LogP contribution >= 0.6 is 0 Å². The first-order valence-electron chi connectivity index (χ1n) is 6.16. The van der Waals surface area contributed by atoms with Gasteiger partial charge in [-0.2, -0.15) is 5.10 Å². The summed E-state index contributed by atoms with van der Waals surface area (Å²) in [6.45, 7) is 6.01. The van der Waals surface area contributed by atoms with Crippen molar-refractivity contribution in [3.63, 3.8) is 0 Å². The Hall–Kier alpha value is -1.77. The number of hydrogen-bond acceptors (Lipinski definition) is 2. The molecule has 0 amide bonds. The zero-order valence-corrected chi connectivity index (χ0v) is 10.5. The van der Waals surface area contributed by atoms with E-state index in [4.69, 9.17) is 0 Å². The summed E-state index contributed by atoms with van der Waals surface area (Å²) in [6, 6.07) is 8.73. The molecule has 3 heteroatoms. The molecule has 0 saturated heterocycles. The van der Waals surface area contributed by atoms with Gasteiger partial charge in [-0.1, -0.05) is 31.2 Å². The van der Waals surface area contributed by atoms with Gasteiger partial charge in [0.25, 0.3) is 0 Å². The maximum atomic E-state index is 4.23. The molecule has 1 aromatic carbocycles. The van der Waals surface area contributed by atoms with Gasteiger partial charge in [0.2, 0.25) is 0 Å². The first-order valence-corrected chi connectivity index (χ1v) is 6.16. The summed E-state index contributed by atoms with van der Waals surface area (Å²) >= 11 is 0. The average Bonchev–Trinajstić information content (AvgIpc) is 2.85. The van der Waals surface area contributed by atoms with E-state index in [2.05, 4.69) is 48.5 Å². The summed E-state index contributed by atoms with van der Waals surface area (Å²) in [5.41, 5.74) is 3.76. The van der Waals surface area contributed by atoms with Crippen molar-refractivity contribution in [3.8, 4) is 0 Å². The van der Waals surface area contributed by atoms with Gasteiger partial charge in [-0.3, -0.25) is 4.68 Å². The van der Waals surface area contributed by atoms with Crippen LogP contribution in [0.25, 0.3) is 0 Å². The Bertz CT molecular complexity index is 457. The van der Waals surface area contributed by atoms with Crippen molar-refractivity contribution < 1.29 is 0 Å². The Labute approximate surface area is 102 Å². The third-order valence-electron chi connectivity index (χ3n) is 2.89. The fourth-order valence-electron chi connectivity index (χ4n) is 1.72. The second kappa shape index (κ2) is 5.53. The first-order chi connectivity index (χ1) is 8.31. The number of nitrogens with one attached hydrogen (secondary N) is 1. The van der Waals surface area contributed by atoms with Crippen LogP contribution in [-0.4, -0.2) is 9.78 Å². The van der Waals surface area contributed by atoms with E-state index in [0.717, 1.165) is 25.2 Å². The topological polar surface area (TPSA) is 29.9 Å². The highest BCUT2D eigenvalue weighted by atomic mass is 15.3. The van der Waals surface area contributed by atoms with Gasteiger partial charge >= 0.3 is 0 Å². The van der Waals surface area contributed by atoms with E-state index in [1.807, 2.05) is 17.1 Å². The van der Waals surface area contributed by atoms with Crippen molar-refractivity contribution in [2.75, 3.05) is 5.32 Å². The highest BCUT2D eigenvalue weighted by Crippen LogP contribution is 2.09. The van der Waals surface area contributed by atoms with Gasteiger partial charge in [-0.25, -0.2) is 0 Å². The first kappa shape index (κ1) is 11.7. The summed E-state index contributed by atoms with van der Waals surface area (Å²) in [5.74, 6) is 0. The van der Waals surface area contributed by atoms with Crippen LogP contribution in [0.4, 0.5) is 5.69 Å². The summed E-state index contributed by atoms with van der Waals surface area (Å²) in [6.07, 6.45) is 4.99. The van der Waals surface area contributed by atoms with E-state index < -0.39 is 0 Å². The van der Waals surface area contributed by atoms with Crippen LogP contribution in [0, 0.1) is 0 Å². The lowest BCUT2D eigenvalue weighted by molar-refractivity contribution is 0.660. The highest BCUT2D eigenvalue weighted by Gasteiger charge is 1.97. The largest absolute Gasteiger partial charge is 0.378 e. The third kappa shape index (κ3) is 3.09. The van der Waals surface area contributed by atoms with Crippen molar-refractivity contribution in [1.29, 1.82) is 0 Å². The standard InChI is InChI=1S/C14H19N3/c1-3-12-5-7-13(8-6-12)9-15-14-10-16-17(4-2)11-14/h5-8,10-11,15H,3-4,9H2,1-2H3. The zero-order chi connectivity index (χ0) is 12.1. The lowest BCUT2D eigenvalue weighted by Gasteiger charge is -2.04. The summed E-state index contributed by atoms with van der Waals surface area (Å²) in [7, 11) is 0. The van der Waals surface area contributed by atoms with Crippen LogP contribution in [0.3, 0.4) is 0 Å². The number of aryl methyl sites for hydroxylation is 2. The molecule has 90 valence electrons. The number of anilines is 1. The lowest BCUT2D eigenvalue weighted by atomic mass is 10.1. The van der Waals surface area contributed by atoms with Gasteiger partial charge in [-0.15, -0.1) is 0 Å². The minimum Gasteiger partial charge on any atom is -0.378 e. The van der Waals surface area contributed by atoms with E-state index in [1.165, 1.54) is 11.1 Å². The fourth-order valence-corrected chi connectivity index (χ4v) is 1.72. The molecule has 0 saturated carbocycles. The van der Waals surface area contributed by atoms with Crippen LogP contribution in [0.15, 0.2) is 36.7 Å². The smallest absolute Gasteiger partial charge is 0.0729 e. The highest BCUT2D eigenvalue weighted by molar-refractivity contribution is 5.39. The molecular formula is C14H19N3. The van der Waals surface area contributed by atoms with Crippen LogP contribution in [-0.2, 0) is 19.5 Å². The normalized spacial score (nSPS) is 10.5. The summed E-state index contributed by atoms with van der Waals surface area (Å²) in [4.78, 5) is 0. The molecule has 0 bridgehead atoms. The number of aromatic nitrogens is 2. The third-order valence-corrected chi connectivity index (χ3v) is 2.89. The molecule has 1 heterocycles. The van der Waals surface area contributed by atoms with Crippen molar-refractivity contribution in [2.24, 2.45) is 0 Å². The molecule has 3 nitrogen and oxygen atoms in total. The molecular weight excluding hydrogens is 210 g/mol. The zero-order valence-electron chi connectivity index (χ0n) is 10.5. The Kier molecular flexibility index (Phi) is 3.81. The van der Waals surface area contributed by atoms with Crippen molar-refractivity contribution >= 4 is 5.69 Å². The predicted octanol–water partition coefficient (Wildman–Crippen LogP) is 3.08. The van der Waals surface area contributed by atoms with E-state index >= 15 is 0 Å². The molecule has 1 aromatic heterocycles. The van der Waals surface area contributed by atoms with E-state index in [-0.39, 0.29) is 0 Å². The van der Waals surface area contributed by atoms with E-state index in [0.29, 0.717) is 0 Å². The Morgan fingerprint density at radius 2 is 1.82 bits per heavy atom. The van der Waals surface area contributed by atoms with Crippen molar-refractivity contribution in [3.05, 3.63) is 47.8 Å². The Morgan fingerprint density at radius 1 is 1.12 bits per heavy atom. The number of hydrogen-bond donors (Lipinski definition) is 1. The molecule has 0 fully saturated rings. The maximum absolute atomic E-state index is 4.23. The van der Waals surface area contributed by atoms with Gasteiger partial charge in [0.15, 0.2) is 0 Å². The molecule has 2 aromatic rings. The maximum Gasteiger partial charge on any atom is 0.0729 e. The molecule has 17 heavy (non-hydrogen) atoms. The molecule has 0 unspecified atom stereocenters. The van der Waals surface area contributed by atoms with Crippen LogP contribution in [0.2, 0.25) is 0 Å². The molecule has 0 aliphatic carbocycles. The minimum absolute atomic E-state index is 0.847. The molecule has 0 spiro atoms. The van der Waals surface area contributed by atoms with Crippen LogP contribution in [0.1, 0.15) is 25.0 Å². The Balaban J connectivity index is 1.92. The van der Waals surface area contributed by atoms with Crippen LogP contribution < -0.4 is 5.32 Å². The molecule has 0 atom stereocenters. The number of rotatable bonds is 5. The molecule has 1 N–H and O–H groups in total. The van der Waals surface area contributed by atoms with Gasteiger partial charge in [0.1, 0.15) is 0 Å². The second-order valence-corrected chi connectivity index (χ2v) is 4.11. The second-order valence-electron chi connectivity index (χ2n) is 4.11. The van der Waals surface area contributed by atoms with Gasteiger partial charge in [-0.05, 0) is 24.5 Å². The van der Waals surface area contributed by atoms with Crippen molar-refractivity contribution in [1.82, 2.24) is 9.78 Å². The number of nitrogens with zero attached hydrogens (tertiary/aromatic N) is 2. The van der Waals surface area contributed by atoms with E-state index in [9.17, 15) is 0 Å². The minimum atomic E-state index is 0.847. The number of benzene rings is 1. The quantitative estimate of drug-likeness (QED) is 0.854.